The zero-order valence-corrected chi connectivity index (χ0v) is 26.8. The smallest absolute Gasteiger partial charge is 0.332 e. The zero-order chi connectivity index (χ0) is 27.7. The Morgan fingerprint density at radius 3 is 1.46 bits per heavy atom. The lowest BCUT2D eigenvalue weighted by Crippen LogP contribution is -2.23. The van der Waals surface area contributed by atoms with Gasteiger partial charge in [0.15, 0.2) is 0 Å². The van der Waals surface area contributed by atoms with Crippen molar-refractivity contribution in [2.45, 2.75) is 97.5 Å². The maximum Gasteiger partial charge on any atom is 0.332 e. The Bertz CT molecular complexity index is 531. The summed E-state index contributed by atoms with van der Waals surface area (Å²) in [5.41, 5.74) is -0.401. The molecule has 0 N–H and O–H groups in total. The number of ether oxygens (including phenoxy) is 2. The third kappa shape index (κ3) is 25.4. The molecule has 0 heterocycles. The van der Waals surface area contributed by atoms with E-state index in [2.05, 4.69) is 29.8 Å². The molecule has 11 heteroatoms. The summed E-state index contributed by atoms with van der Waals surface area (Å²) in [6.07, 6.45) is 5.66. The molecule has 212 valence electrons. The van der Waals surface area contributed by atoms with E-state index in [1.54, 1.807) is 20.3 Å². The van der Waals surface area contributed by atoms with Gasteiger partial charge in [-0.2, -0.15) is 0 Å². The molecule has 0 fully saturated rings. The van der Waals surface area contributed by atoms with E-state index in [1.165, 1.54) is 0 Å². The predicted molar refractivity (Wildman–Crippen MR) is 150 cm³/mol. The Labute approximate surface area is 224 Å². The molecule has 0 bridgehead atoms. The summed E-state index contributed by atoms with van der Waals surface area (Å²) < 4.78 is 37.0. The van der Waals surface area contributed by atoms with E-state index in [0.717, 1.165) is 32.1 Å². The summed E-state index contributed by atoms with van der Waals surface area (Å²) in [5, 5.41) is 0. The van der Waals surface area contributed by atoms with E-state index in [9.17, 15) is 14.2 Å². The first kappa shape index (κ1) is 39.5. The third-order valence-electron chi connectivity index (χ3n) is 4.20. The summed E-state index contributed by atoms with van der Waals surface area (Å²) >= 11 is 3.27. The molecule has 0 aliphatic carbocycles. The lowest BCUT2D eigenvalue weighted by atomic mass is 10.2. The van der Waals surface area contributed by atoms with Crippen molar-refractivity contribution < 1.29 is 37.2 Å². The van der Waals surface area contributed by atoms with Gasteiger partial charge < -0.3 is 27.6 Å². The average Bonchev–Trinajstić information content (AvgIpc) is 2.78. The van der Waals surface area contributed by atoms with Gasteiger partial charge in [-0.25, -0.2) is 0 Å². The largest absolute Gasteiger partial charge is 0.465 e. The maximum absolute atomic E-state index is 11.8. The Morgan fingerprint density at radius 2 is 1.11 bits per heavy atom. The van der Waals surface area contributed by atoms with Gasteiger partial charge in [-0.05, 0) is 60.8 Å². The van der Waals surface area contributed by atoms with Crippen molar-refractivity contribution in [1.29, 1.82) is 0 Å². The van der Waals surface area contributed by atoms with Crippen molar-refractivity contribution in [3.8, 4) is 0 Å². The molecule has 8 nitrogen and oxygen atoms in total. The highest BCUT2D eigenvalue weighted by atomic mass is 79.9. The van der Waals surface area contributed by atoms with Crippen molar-refractivity contribution in [1.82, 2.24) is 0 Å². The van der Waals surface area contributed by atoms with Gasteiger partial charge in [-0.1, -0.05) is 55.5 Å². The molecule has 2 unspecified atom stereocenters. The van der Waals surface area contributed by atoms with E-state index in [1.807, 2.05) is 27.7 Å². The molecule has 2 atom stereocenters. The fourth-order valence-corrected chi connectivity index (χ4v) is 5.18. The van der Waals surface area contributed by atoms with Gasteiger partial charge in [0.1, 0.15) is 10.5 Å². The molecule has 35 heavy (non-hydrogen) atoms. The maximum atomic E-state index is 11.8. The van der Waals surface area contributed by atoms with Crippen LogP contribution in [-0.4, -0.2) is 68.8 Å². The Morgan fingerprint density at radius 1 is 0.714 bits per heavy atom. The van der Waals surface area contributed by atoms with Gasteiger partial charge in [0.2, 0.25) is 0 Å². The summed E-state index contributed by atoms with van der Waals surface area (Å²) in [6.45, 7) is 19.6. The summed E-state index contributed by atoms with van der Waals surface area (Å²) in [7, 11) is -3.43. The number of esters is 2. The predicted octanol–water partition coefficient (Wildman–Crippen LogP) is 7.56. The van der Waals surface area contributed by atoms with Crippen LogP contribution in [0.15, 0.2) is 0 Å². The first-order chi connectivity index (χ1) is 16.5. The lowest BCUT2D eigenvalue weighted by Gasteiger charge is -2.19. The number of rotatable bonds is 17. The normalized spacial score (nSPS) is 12.5. The molecule has 0 spiro atoms. The molecule has 0 aromatic heterocycles. The second-order valence-corrected chi connectivity index (χ2v) is 13.5. The van der Waals surface area contributed by atoms with Crippen molar-refractivity contribution in [2.75, 3.05) is 46.4 Å². The minimum absolute atomic E-state index is 0.109. The quantitative estimate of drug-likeness (QED) is 0.0947. The zero-order valence-electron chi connectivity index (χ0n) is 23.5. The number of carbonyl (C=O) groups excluding carboxylic acids is 2. The first-order valence-electron chi connectivity index (χ1n) is 12.7. The van der Waals surface area contributed by atoms with E-state index in [4.69, 9.17) is 23.0 Å². The molecule has 0 aromatic carbocycles. The minimum atomic E-state index is -2.37. The fraction of sp³-hybridized carbons (Fsp3) is 0.917. The van der Waals surface area contributed by atoms with Crippen LogP contribution in [-0.2, 0) is 37.2 Å². The van der Waals surface area contributed by atoms with Gasteiger partial charge in [0.25, 0.3) is 0 Å². The second kappa shape index (κ2) is 27.0. The molecule has 0 aromatic rings. The molecule has 0 aliphatic heterocycles. The van der Waals surface area contributed by atoms with Crippen molar-refractivity contribution >= 4 is 43.6 Å². The first-order valence-corrected chi connectivity index (χ1v) is 17.4. The number of hydrogen-bond acceptors (Lipinski definition) is 8. The second-order valence-electron chi connectivity index (χ2n) is 7.68. The summed E-state index contributed by atoms with van der Waals surface area (Å²) in [5.74, 6) is -0.435. The Hall–Kier alpha value is -0.0400. The van der Waals surface area contributed by atoms with E-state index in [-0.39, 0.29) is 16.8 Å². The highest BCUT2D eigenvalue weighted by Gasteiger charge is 2.30. The van der Waals surface area contributed by atoms with E-state index in [0.29, 0.717) is 39.5 Å². The van der Waals surface area contributed by atoms with Crippen LogP contribution in [0.5, 0.6) is 0 Å². The number of halogens is 1. The highest BCUT2D eigenvalue weighted by Crippen LogP contribution is 2.45. The lowest BCUT2D eigenvalue weighted by molar-refractivity contribution is -0.143. The van der Waals surface area contributed by atoms with Crippen molar-refractivity contribution in [2.24, 2.45) is 0 Å². The number of carbonyl (C=O) groups is 2. The molecule has 0 saturated heterocycles. The molecule has 0 saturated carbocycles. The molecule has 0 amide bonds. The van der Waals surface area contributed by atoms with Crippen LogP contribution in [0.4, 0.5) is 0 Å². The van der Waals surface area contributed by atoms with Crippen molar-refractivity contribution in [3.05, 3.63) is 0 Å². The number of unbranched alkanes of at least 4 members (excludes halogenated alkanes) is 2. The fourth-order valence-electron chi connectivity index (χ4n) is 2.48. The van der Waals surface area contributed by atoms with Gasteiger partial charge in [0.05, 0.1) is 40.2 Å². The van der Waals surface area contributed by atoms with Crippen LogP contribution < -0.4 is 0 Å². The van der Waals surface area contributed by atoms with Crippen LogP contribution in [0.25, 0.3) is 0 Å². The Kier molecular flexibility index (Phi) is 30.5. The third-order valence-corrected chi connectivity index (χ3v) is 8.41. The van der Waals surface area contributed by atoms with Crippen LogP contribution in [0, 0.1) is 0 Å². The van der Waals surface area contributed by atoms with Crippen molar-refractivity contribution in [3.63, 3.8) is 0 Å². The molecule has 0 radical (unpaired) electrons. The van der Waals surface area contributed by atoms with Gasteiger partial charge >= 0.3 is 20.5 Å². The van der Waals surface area contributed by atoms with Crippen LogP contribution in [0.2, 0.25) is 0 Å². The average molecular weight is 610 g/mol. The van der Waals surface area contributed by atoms with Crippen LogP contribution in [0.1, 0.15) is 87.0 Å². The molecule has 0 aliphatic rings. The highest BCUT2D eigenvalue weighted by molar-refractivity contribution is 9.10. The number of alkyl halides is 1. The van der Waals surface area contributed by atoms with E-state index < -0.39 is 21.4 Å². The Balaban J connectivity index is -0.000000447. The van der Waals surface area contributed by atoms with Gasteiger partial charge in [0, 0.05) is 0 Å². The molecular formula is C24H51BrO8P2. The van der Waals surface area contributed by atoms with Crippen LogP contribution >= 0.6 is 31.7 Å². The van der Waals surface area contributed by atoms with Gasteiger partial charge in [-0.15, -0.1) is 0 Å². The number of hydrogen-bond donors (Lipinski definition) is 0. The monoisotopic (exact) mass is 608 g/mol. The topological polar surface area (TPSA) is 97.4 Å². The molecular weight excluding hydrogens is 558 g/mol. The molecule has 0 rings (SSSR count). The van der Waals surface area contributed by atoms with Gasteiger partial charge in [-0.3, -0.25) is 9.59 Å². The summed E-state index contributed by atoms with van der Waals surface area (Å²) in [6, 6.07) is 0. The minimum Gasteiger partial charge on any atom is -0.465 e. The standard InChI is InChI=1S/C10H21O3P.C8H15BrO2.C6H15O3P/c1-5-7-8-9(14(3,4)12)10(11)13-6-2;1-3-5-6-7(9)8(10)11-4-2;1-4-7-10(8-5-2)9-6-3/h9H,5-8H2,1-4H3;7H,3-6H2,1-2H3;4-6H2,1-3H3. The van der Waals surface area contributed by atoms with Crippen LogP contribution in [0.3, 0.4) is 0 Å². The SMILES string of the molecule is CCCCC(Br)C(=O)OCC.CCCCC(C(=O)OCC)P(C)(C)=O.CCOP(OCC)OCC. The van der Waals surface area contributed by atoms with E-state index >= 15 is 0 Å². The summed E-state index contributed by atoms with van der Waals surface area (Å²) in [4.78, 5) is 22.4.